The van der Waals surface area contributed by atoms with Crippen LogP contribution in [0.3, 0.4) is 0 Å². The van der Waals surface area contributed by atoms with Crippen LogP contribution in [0.1, 0.15) is 18.1 Å². The van der Waals surface area contributed by atoms with E-state index in [-0.39, 0.29) is 11.0 Å². The van der Waals surface area contributed by atoms with Crippen molar-refractivity contribution in [2.75, 3.05) is 7.11 Å². The van der Waals surface area contributed by atoms with Gasteiger partial charge in [0, 0.05) is 5.56 Å². The predicted octanol–water partition coefficient (Wildman–Crippen LogP) is 4.47. The first-order chi connectivity index (χ1) is 15.3. The van der Waals surface area contributed by atoms with E-state index >= 15 is 0 Å². The Balaban J connectivity index is 1.48. The summed E-state index contributed by atoms with van der Waals surface area (Å²) in [7, 11) is 1.58. The van der Waals surface area contributed by atoms with Gasteiger partial charge in [0.1, 0.15) is 11.5 Å². The fraction of sp³-hybridized carbons (Fsp3) is 0.211. The van der Waals surface area contributed by atoms with Gasteiger partial charge < -0.3 is 13.9 Å². The highest BCUT2D eigenvalue weighted by atomic mass is 32.2. The monoisotopic (exact) mass is 464 g/mol. The molecule has 1 atom stereocenters. The van der Waals surface area contributed by atoms with Crippen molar-refractivity contribution in [3.05, 3.63) is 54.4 Å². The summed E-state index contributed by atoms with van der Waals surface area (Å²) < 4.78 is 53.2. The van der Waals surface area contributed by atoms with Crippen LogP contribution in [0.4, 0.5) is 13.2 Å². The van der Waals surface area contributed by atoms with Crippen LogP contribution in [-0.2, 0) is 0 Å². The number of hydrogen-bond donors (Lipinski definition) is 0. The number of halogens is 3. The lowest BCUT2D eigenvalue weighted by molar-refractivity contribution is -0.274. The van der Waals surface area contributed by atoms with Crippen molar-refractivity contribution in [3.8, 4) is 28.6 Å². The number of aromatic nitrogens is 6. The molecule has 0 saturated carbocycles. The number of ether oxygens (including phenoxy) is 2. The molecule has 4 aromatic rings. The highest BCUT2D eigenvalue weighted by Gasteiger charge is 2.31. The molecular weight excluding hydrogens is 449 g/mol. The standard InChI is InChI=1S/C19H15F3N6O3S/c1-11(16-23-24-17(30-16)12-3-7-14(29-2)8-4-12)32-18-25-26-27-28(18)13-5-9-15(10-6-13)31-19(20,21)22/h3-11H,1-2H3. The summed E-state index contributed by atoms with van der Waals surface area (Å²) in [4.78, 5) is 0. The zero-order chi connectivity index (χ0) is 22.7. The van der Waals surface area contributed by atoms with Crippen LogP contribution in [-0.4, -0.2) is 43.9 Å². The van der Waals surface area contributed by atoms with Crippen molar-refractivity contribution in [1.29, 1.82) is 0 Å². The first-order valence-corrected chi connectivity index (χ1v) is 9.99. The first kappa shape index (κ1) is 21.6. The Kier molecular flexibility index (Phi) is 5.99. The highest BCUT2D eigenvalue weighted by Crippen LogP contribution is 2.35. The maximum Gasteiger partial charge on any atom is 0.573 e. The average molecular weight is 464 g/mol. The number of nitrogens with zero attached hydrogens (tertiary/aromatic N) is 6. The van der Waals surface area contributed by atoms with Gasteiger partial charge in [-0.1, -0.05) is 11.8 Å². The second-order valence-corrected chi connectivity index (χ2v) is 7.66. The van der Waals surface area contributed by atoms with E-state index in [4.69, 9.17) is 9.15 Å². The Morgan fingerprint density at radius 2 is 1.66 bits per heavy atom. The molecule has 2 aromatic carbocycles. The van der Waals surface area contributed by atoms with Crippen molar-refractivity contribution in [1.82, 2.24) is 30.4 Å². The van der Waals surface area contributed by atoms with E-state index < -0.39 is 6.36 Å². The van der Waals surface area contributed by atoms with Gasteiger partial charge in [-0.25, -0.2) is 0 Å². The molecule has 0 aliphatic carbocycles. The molecule has 0 N–H and O–H groups in total. The molecule has 0 aliphatic rings. The lowest BCUT2D eigenvalue weighted by Crippen LogP contribution is -2.17. The maximum absolute atomic E-state index is 12.3. The van der Waals surface area contributed by atoms with Gasteiger partial charge >= 0.3 is 6.36 Å². The van der Waals surface area contributed by atoms with Gasteiger partial charge in [0.25, 0.3) is 0 Å². The van der Waals surface area contributed by atoms with E-state index in [9.17, 15) is 13.2 Å². The number of alkyl halides is 3. The first-order valence-electron chi connectivity index (χ1n) is 9.11. The molecular formula is C19H15F3N6O3S. The highest BCUT2D eigenvalue weighted by molar-refractivity contribution is 7.99. The summed E-state index contributed by atoms with van der Waals surface area (Å²) in [5.41, 5.74) is 1.21. The zero-order valence-electron chi connectivity index (χ0n) is 16.6. The molecule has 1 unspecified atom stereocenters. The molecule has 0 spiro atoms. The molecule has 32 heavy (non-hydrogen) atoms. The van der Waals surface area contributed by atoms with Crippen LogP contribution in [0.5, 0.6) is 11.5 Å². The minimum Gasteiger partial charge on any atom is -0.497 e. The van der Waals surface area contributed by atoms with Gasteiger partial charge in [-0.15, -0.1) is 28.5 Å². The molecule has 9 nitrogen and oxygen atoms in total. The Bertz CT molecular complexity index is 1180. The van der Waals surface area contributed by atoms with Crippen molar-refractivity contribution in [2.24, 2.45) is 0 Å². The number of methoxy groups -OCH3 is 1. The fourth-order valence-corrected chi connectivity index (χ4v) is 3.50. The third kappa shape index (κ3) is 4.99. The van der Waals surface area contributed by atoms with E-state index in [0.717, 1.165) is 5.56 Å². The van der Waals surface area contributed by atoms with Crippen molar-refractivity contribution < 1.29 is 27.1 Å². The van der Waals surface area contributed by atoms with Gasteiger partial charge in [0.15, 0.2) is 0 Å². The Morgan fingerprint density at radius 1 is 0.969 bits per heavy atom. The largest absolute Gasteiger partial charge is 0.573 e. The molecule has 0 saturated heterocycles. The number of rotatable bonds is 7. The van der Waals surface area contributed by atoms with Crippen LogP contribution in [0.2, 0.25) is 0 Å². The number of benzene rings is 2. The van der Waals surface area contributed by atoms with Gasteiger partial charge in [0.2, 0.25) is 16.9 Å². The third-order valence-electron chi connectivity index (χ3n) is 4.16. The molecule has 13 heteroatoms. The Hall–Kier alpha value is -3.61. The smallest absolute Gasteiger partial charge is 0.497 e. The Labute approximate surface area is 183 Å². The summed E-state index contributed by atoms with van der Waals surface area (Å²) in [6.07, 6.45) is -4.76. The predicted molar refractivity (Wildman–Crippen MR) is 106 cm³/mol. The molecule has 0 amide bonds. The van der Waals surface area contributed by atoms with Crippen LogP contribution in [0, 0.1) is 0 Å². The second kappa shape index (κ2) is 8.86. The van der Waals surface area contributed by atoms with Crippen molar-refractivity contribution in [3.63, 3.8) is 0 Å². The molecule has 2 aromatic heterocycles. The van der Waals surface area contributed by atoms with Crippen molar-refractivity contribution in [2.45, 2.75) is 23.7 Å². The normalized spacial score (nSPS) is 12.5. The molecule has 0 fully saturated rings. The van der Waals surface area contributed by atoms with Gasteiger partial charge in [-0.05, 0) is 65.9 Å². The lowest BCUT2D eigenvalue weighted by Gasteiger charge is -2.10. The SMILES string of the molecule is COc1ccc(-c2nnc(C(C)Sc3nnnn3-c3ccc(OC(F)(F)F)cc3)o2)cc1. The van der Waals surface area contributed by atoms with E-state index in [1.807, 2.05) is 6.92 Å². The molecule has 0 aliphatic heterocycles. The summed E-state index contributed by atoms with van der Waals surface area (Å²) in [6, 6.07) is 12.4. The van der Waals surface area contributed by atoms with Gasteiger partial charge in [0.05, 0.1) is 18.0 Å². The van der Waals surface area contributed by atoms with Crippen molar-refractivity contribution >= 4 is 11.8 Å². The fourth-order valence-electron chi connectivity index (χ4n) is 2.66. The summed E-state index contributed by atoms with van der Waals surface area (Å²) in [5.74, 6) is 1.09. The number of hydrogen-bond acceptors (Lipinski definition) is 9. The minimum absolute atomic E-state index is 0.299. The minimum atomic E-state index is -4.76. The van der Waals surface area contributed by atoms with E-state index in [1.165, 1.54) is 40.7 Å². The van der Waals surface area contributed by atoms with E-state index in [2.05, 4.69) is 30.5 Å². The summed E-state index contributed by atoms with van der Waals surface area (Å²) in [6.45, 7) is 1.84. The Morgan fingerprint density at radius 3 is 2.31 bits per heavy atom. The molecule has 0 bridgehead atoms. The van der Waals surface area contributed by atoms with Crippen LogP contribution in [0.15, 0.2) is 58.1 Å². The topological polar surface area (TPSA) is 101 Å². The lowest BCUT2D eigenvalue weighted by atomic mass is 10.2. The summed E-state index contributed by atoms with van der Waals surface area (Å²) in [5, 5.41) is 19.8. The van der Waals surface area contributed by atoms with E-state index in [1.54, 1.807) is 31.4 Å². The summed E-state index contributed by atoms with van der Waals surface area (Å²) >= 11 is 1.25. The maximum atomic E-state index is 12.3. The van der Waals surface area contributed by atoms with E-state index in [0.29, 0.717) is 28.4 Å². The molecule has 0 radical (unpaired) electrons. The molecule has 4 rings (SSSR count). The third-order valence-corrected chi connectivity index (χ3v) is 5.18. The van der Waals surface area contributed by atoms with Crippen LogP contribution >= 0.6 is 11.8 Å². The molecule has 2 heterocycles. The number of thioether (sulfide) groups is 1. The van der Waals surface area contributed by atoms with Crippen LogP contribution < -0.4 is 9.47 Å². The quantitative estimate of drug-likeness (QED) is 0.367. The average Bonchev–Trinajstić information content (AvgIpc) is 3.43. The second-order valence-electron chi connectivity index (χ2n) is 6.35. The zero-order valence-corrected chi connectivity index (χ0v) is 17.5. The van der Waals surface area contributed by atoms with Gasteiger partial charge in [-0.3, -0.25) is 0 Å². The van der Waals surface area contributed by atoms with Gasteiger partial charge in [-0.2, -0.15) is 4.68 Å². The molecule has 166 valence electrons. The number of tetrazole rings is 1. The van der Waals surface area contributed by atoms with Crippen LogP contribution in [0.25, 0.3) is 17.1 Å².